The molecular weight excluding hydrogens is 188 g/mol. The fourth-order valence-electron chi connectivity index (χ4n) is 2.82. The Bertz CT molecular complexity index is 250. The van der Waals surface area contributed by atoms with Crippen molar-refractivity contribution in [2.24, 2.45) is 5.41 Å². The summed E-state index contributed by atoms with van der Waals surface area (Å²) in [5.41, 5.74) is 0.433. The van der Waals surface area contributed by atoms with Crippen LogP contribution in [0, 0.1) is 5.41 Å². The maximum absolute atomic E-state index is 11.0. The molecule has 86 valence electrons. The Labute approximate surface area is 92.0 Å². The summed E-state index contributed by atoms with van der Waals surface area (Å²) in [4.78, 5) is 11.0. The van der Waals surface area contributed by atoms with E-state index in [1.807, 2.05) is 0 Å². The Balaban J connectivity index is 1.76. The van der Waals surface area contributed by atoms with Crippen LogP contribution in [0.15, 0.2) is 0 Å². The molecule has 2 atom stereocenters. The average Bonchev–Trinajstić information content (AvgIpc) is 2.69. The highest BCUT2D eigenvalue weighted by Gasteiger charge is 2.34. The van der Waals surface area contributed by atoms with Gasteiger partial charge in [-0.05, 0) is 24.7 Å². The maximum Gasteiger partial charge on any atom is 0.220 e. The van der Waals surface area contributed by atoms with Gasteiger partial charge in [0.2, 0.25) is 5.91 Å². The van der Waals surface area contributed by atoms with Crippen LogP contribution >= 0.6 is 0 Å². The van der Waals surface area contributed by atoms with Crippen molar-refractivity contribution in [2.45, 2.75) is 58.0 Å². The highest BCUT2D eigenvalue weighted by Crippen LogP contribution is 2.37. The third-order valence-electron chi connectivity index (χ3n) is 3.95. The van der Waals surface area contributed by atoms with E-state index in [1.165, 1.54) is 19.3 Å². The number of hydrogen-bond donors (Lipinski definition) is 2. The van der Waals surface area contributed by atoms with Gasteiger partial charge in [-0.3, -0.25) is 4.79 Å². The summed E-state index contributed by atoms with van der Waals surface area (Å²) in [5.74, 6) is 0.215. The Hall–Kier alpha value is -0.570. The van der Waals surface area contributed by atoms with Gasteiger partial charge in [0.1, 0.15) is 0 Å². The fraction of sp³-hybridized carbons (Fsp3) is 0.917. The van der Waals surface area contributed by atoms with Crippen LogP contribution in [0.4, 0.5) is 0 Å². The van der Waals surface area contributed by atoms with Gasteiger partial charge >= 0.3 is 0 Å². The molecule has 1 amide bonds. The van der Waals surface area contributed by atoms with Gasteiger partial charge in [-0.25, -0.2) is 0 Å². The minimum atomic E-state index is 0.215. The fourth-order valence-corrected chi connectivity index (χ4v) is 2.82. The first kappa shape index (κ1) is 10.9. The van der Waals surface area contributed by atoms with Crippen molar-refractivity contribution < 1.29 is 4.79 Å². The average molecular weight is 210 g/mol. The molecule has 0 aromatic carbocycles. The third-order valence-corrected chi connectivity index (χ3v) is 3.95. The zero-order valence-electron chi connectivity index (χ0n) is 9.81. The lowest BCUT2D eigenvalue weighted by Crippen LogP contribution is -2.44. The van der Waals surface area contributed by atoms with Crippen molar-refractivity contribution >= 4 is 5.91 Å². The lowest BCUT2D eigenvalue weighted by atomic mass is 9.87. The van der Waals surface area contributed by atoms with Gasteiger partial charge in [-0.15, -0.1) is 0 Å². The van der Waals surface area contributed by atoms with Crippen LogP contribution in [0.5, 0.6) is 0 Å². The van der Waals surface area contributed by atoms with Gasteiger partial charge in [0, 0.05) is 25.0 Å². The molecule has 2 fully saturated rings. The van der Waals surface area contributed by atoms with Gasteiger partial charge in [0.05, 0.1) is 0 Å². The zero-order chi connectivity index (χ0) is 10.9. The van der Waals surface area contributed by atoms with Gasteiger partial charge < -0.3 is 10.6 Å². The summed E-state index contributed by atoms with van der Waals surface area (Å²) in [5, 5.41) is 6.62. The van der Waals surface area contributed by atoms with E-state index in [9.17, 15) is 4.79 Å². The SMILES string of the molecule is CC1(C)CCCC1NCC1CCC(=O)N1. The van der Waals surface area contributed by atoms with E-state index in [0.29, 0.717) is 23.9 Å². The molecule has 2 aliphatic rings. The molecule has 3 heteroatoms. The predicted molar refractivity (Wildman–Crippen MR) is 60.6 cm³/mol. The molecule has 3 nitrogen and oxygen atoms in total. The Morgan fingerprint density at radius 2 is 2.27 bits per heavy atom. The molecule has 1 heterocycles. The summed E-state index contributed by atoms with van der Waals surface area (Å²) >= 11 is 0. The zero-order valence-corrected chi connectivity index (χ0v) is 9.81. The quantitative estimate of drug-likeness (QED) is 0.740. The molecule has 2 rings (SSSR count). The molecule has 15 heavy (non-hydrogen) atoms. The van der Waals surface area contributed by atoms with E-state index >= 15 is 0 Å². The summed E-state index contributed by atoms with van der Waals surface area (Å²) in [6.07, 6.45) is 5.65. The summed E-state index contributed by atoms with van der Waals surface area (Å²) in [6, 6.07) is 1.00. The van der Waals surface area contributed by atoms with Crippen LogP contribution in [0.2, 0.25) is 0 Å². The lowest BCUT2D eigenvalue weighted by molar-refractivity contribution is -0.119. The molecule has 1 aliphatic heterocycles. The Morgan fingerprint density at radius 3 is 2.80 bits per heavy atom. The third kappa shape index (κ3) is 2.51. The van der Waals surface area contributed by atoms with Crippen molar-refractivity contribution in [1.29, 1.82) is 0 Å². The van der Waals surface area contributed by atoms with Gasteiger partial charge in [0.15, 0.2) is 0 Å². The van der Waals surface area contributed by atoms with Crippen molar-refractivity contribution in [2.75, 3.05) is 6.54 Å². The summed E-state index contributed by atoms with van der Waals surface area (Å²) < 4.78 is 0. The van der Waals surface area contributed by atoms with E-state index in [-0.39, 0.29) is 5.91 Å². The lowest BCUT2D eigenvalue weighted by Gasteiger charge is -2.29. The molecule has 0 bridgehead atoms. The summed E-state index contributed by atoms with van der Waals surface area (Å²) in [6.45, 7) is 5.62. The highest BCUT2D eigenvalue weighted by atomic mass is 16.1. The number of rotatable bonds is 3. The standard InChI is InChI=1S/C12H22N2O/c1-12(2)7-3-4-10(12)13-8-9-5-6-11(15)14-9/h9-10,13H,3-8H2,1-2H3,(H,14,15). The van der Waals surface area contributed by atoms with Crippen LogP contribution < -0.4 is 10.6 Å². The van der Waals surface area contributed by atoms with Crippen LogP contribution in [-0.4, -0.2) is 24.5 Å². The highest BCUT2D eigenvalue weighted by molar-refractivity contribution is 5.78. The minimum absolute atomic E-state index is 0.215. The van der Waals surface area contributed by atoms with Crippen molar-refractivity contribution in [1.82, 2.24) is 10.6 Å². The van der Waals surface area contributed by atoms with E-state index < -0.39 is 0 Å². The predicted octanol–water partition coefficient (Wildman–Crippen LogP) is 1.43. The van der Waals surface area contributed by atoms with Crippen LogP contribution in [0.25, 0.3) is 0 Å². The Kier molecular flexibility index (Phi) is 3.01. The molecule has 0 aromatic heterocycles. The normalized spacial score (nSPS) is 34.4. The first-order chi connectivity index (χ1) is 7.08. The number of amides is 1. The molecule has 1 aliphatic carbocycles. The number of nitrogens with one attached hydrogen (secondary N) is 2. The van der Waals surface area contributed by atoms with Crippen LogP contribution in [0.1, 0.15) is 46.0 Å². The van der Waals surface area contributed by atoms with E-state index in [0.717, 1.165) is 13.0 Å². The minimum Gasteiger partial charge on any atom is -0.352 e. The summed E-state index contributed by atoms with van der Waals surface area (Å²) in [7, 11) is 0. The van der Waals surface area contributed by atoms with Crippen molar-refractivity contribution in [3.05, 3.63) is 0 Å². The second-order valence-corrected chi connectivity index (χ2v) is 5.64. The van der Waals surface area contributed by atoms with Gasteiger partial charge in [-0.1, -0.05) is 20.3 Å². The first-order valence-corrected chi connectivity index (χ1v) is 6.11. The van der Waals surface area contributed by atoms with E-state index in [4.69, 9.17) is 0 Å². The number of carbonyl (C=O) groups is 1. The number of carbonyl (C=O) groups excluding carboxylic acids is 1. The smallest absolute Gasteiger partial charge is 0.220 e. The van der Waals surface area contributed by atoms with Crippen LogP contribution in [-0.2, 0) is 4.79 Å². The van der Waals surface area contributed by atoms with Crippen molar-refractivity contribution in [3.63, 3.8) is 0 Å². The molecule has 2 N–H and O–H groups in total. The molecule has 2 unspecified atom stereocenters. The molecule has 1 saturated heterocycles. The Morgan fingerprint density at radius 1 is 1.47 bits per heavy atom. The maximum atomic E-state index is 11.0. The van der Waals surface area contributed by atoms with E-state index in [2.05, 4.69) is 24.5 Å². The largest absolute Gasteiger partial charge is 0.352 e. The number of hydrogen-bond acceptors (Lipinski definition) is 2. The first-order valence-electron chi connectivity index (χ1n) is 6.11. The van der Waals surface area contributed by atoms with Gasteiger partial charge in [0.25, 0.3) is 0 Å². The van der Waals surface area contributed by atoms with Crippen LogP contribution in [0.3, 0.4) is 0 Å². The van der Waals surface area contributed by atoms with E-state index in [1.54, 1.807) is 0 Å². The monoisotopic (exact) mass is 210 g/mol. The molecule has 1 saturated carbocycles. The second-order valence-electron chi connectivity index (χ2n) is 5.64. The molecule has 0 radical (unpaired) electrons. The van der Waals surface area contributed by atoms with Crippen molar-refractivity contribution in [3.8, 4) is 0 Å². The second kappa shape index (κ2) is 4.12. The molecule has 0 spiro atoms. The van der Waals surface area contributed by atoms with Gasteiger partial charge in [-0.2, -0.15) is 0 Å². The topological polar surface area (TPSA) is 41.1 Å². The molecular formula is C12H22N2O. The molecule has 0 aromatic rings.